The lowest BCUT2D eigenvalue weighted by Gasteiger charge is -2.33. The molecule has 3 aliphatic rings. The topological polar surface area (TPSA) is 30.5 Å². The Bertz CT molecular complexity index is 875. The predicted molar refractivity (Wildman–Crippen MR) is 117 cm³/mol. The van der Waals surface area contributed by atoms with Crippen LogP contribution >= 0.6 is 0 Å². The maximum absolute atomic E-state index is 13.6. The molecule has 0 spiro atoms. The molecule has 2 saturated carbocycles. The summed E-state index contributed by atoms with van der Waals surface area (Å²) in [5.41, 5.74) is 2.54. The molecule has 0 aromatic heterocycles. The first kappa shape index (κ1) is 19.9. The number of halogens is 1. The van der Waals surface area contributed by atoms with Crippen LogP contribution in [0.15, 0.2) is 42.5 Å². The van der Waals surface area contributed by atoms with E-state index in [4.69, 9.17) is 9.47 Å². The van der Waals surface area contributed by atoms with Crippen molar-refractivity contribution in [1.82, 2.24) is 5.32 Å². The molecule has 1 aliphatic heterocycles. The van der Waals surface area contributed by atoms with E-state index in [1.165, 1.54) is 43.2 Å². The van der Waals surface area contributed by atoms with Gasteiger partial charge in [-0.1, -0.05) is 25.1 Å². The zero-order valence-corrected chi connectivity index (χ0v) is 17.8. The summed E-state index contributed by atoms with van der Waals surface area (Å²) >= 11 is 0. The summed E-state index contributed by atoms with van der Waals surface area (Å²) in [5, 5.41) is 3.98. The maximum atomic E-state index is 13.6. The first-order valence-electron chi connectivity index (χ1n) is 11.5. The highest BCUT2D eigenvalue weighted by Crippen LogP contribution is 2.45. The molecule has 2 atom stereocenters. The van der Waals surface area contributed by atoms with E-state index in [0.717, 1.165) is 36.7 Å². The van der Waals surface area contributed by atoms with Gasteiger partial charge in [0.2, 0.25) is 6.79 Å². The van der Waals surface area contributed by atoms with Crippen LogP contribution in [0.3, 0.4) is 0 Å². The number of hydrogen-bond donors (Lipinski definition) is 1. The summed E-state index contributed by atoms with van der Waals surface area (Å²) < 4.78 is 24.7. The lowest BCUT2D eigenvalue weighted by Crippen LogP contribution is -2.40. The number of fused-ring (bicyclic) bond motifs is 1. The normalized spacial score (nSPS) is 30.5. The fourth-order valence-electron chi connectivity index (χ4n) is 5.80. The summed E-state index contributed by atoms with van der Waals surface area (Å²) in [6.07, 6.45) is 9.60. The molecule has 0 bridgehead atoms. The van der Waals surface area contributed by atoms with Crippen LogP contribution in [0, 0.1) is 11.7 Å². The van der Waals surface area contributed by atoms with E-state index in [2.05, 4.69) is 24.4 Å². The average Bonchev–Trinajstić information content (AvgIpc) is 3.37. The number of benzene rings is 2. The van der Waals surface area contributed by atoms with Gasteiger partial charge in [0, 0.05) is 17.5 Å². The molecule has 0 amide bonds. The summed E-state index contributed by atoms with van der Waals surface area (Å²) in [7, 11) is 0. The second-order valence-electron chi connectivity index (χ2n) is 9.71. The summed E-state index contributed by atoms with van der Waals surface area (Å²) in [6.45, 7) is 2.67. The van der Waals surface area contributed by atoms with E-state index in [-0.39, 0.29) is 11.2 Å². The average molecular weight is 410 g/mol. The molecule has 1 N–H and O–H groups in total. The minimum Gasteiger partial charge on any atom is -0.454 e. The third kappa shape index (κ3) is 4.07. The van der Waals surface area contributed by atoms with E-state index in [1.807, 2.05) is 18.2 Å². The minimum absolute atomic E-state index is 0.0288. The molecular formula is C26H32FNO2. The number of hydrogen-bond acceptors (Lipinski definition) is 3. The van der Waals surface area contributed by atoms with E-state index in [0.29, 0.717) is 18.9 Å². The Morgan fingerprint density at radius 1 is 0.933 bits per heavy atom. The van der Waals surface area contributed by atoms with Crippen molar-refractivity contribution in [3.8, 4) is 11.5 Å². The summed E-state index contributed by atoms with van der Waals surface area (Å²) in [6, 6.07) is 14.7. The Morgan fingerprint density at radius 3 is 2.50 bits per heavy atom. The molecule has 2 fully saturated rings. The summed E-state index contributed by atoms with van der Waals surface area (Å²) in [5.74, 6) is 2.37. The third-order valence-corrected chi connectivity index (χ3v) is 7.53. The van der Waals surface area contributed by atoms with Crippen molar-refractivity contribution in [2.45, 2.75) is 75.8 Å². The smallest absolute Gasteiger partial charge is 0.231 e. The fraction of sp³-hybridized carbons (Fsp3) is 0.538. The Kier molecular flexibility index (Phi) is 5.44. The molecule has 2 aromatic rings. The Morgan fingerprint density at radius 2 is 1.70 bits per heavy atom. The van der Waals surface area contributed by atoms with Crippen molar-refractivity contribution < 1.29 is 13.9 Å². The molecule has 30 heavy (non-hydrogen) atoms. The van der Waals surface area contributed by atoms with Gasteiger partial charge >= 0.3 is 0 Å². The first-order chi connectivity index (χ1) is 14.6. The van der Waals surface area contributed by atoms with Crippen LogP contribution in [0.2, 0.25) is 0 Å². The van der Waals surface area contributed by atoms with Gasteiger partial charge in [0.15, 0.2) is 11.5 Å². The molecule has 160 valence electrons. The van der Waals surface area contributed by atoms with Crippen LogP contribution in [-0.4, -0.2) is 18.9 Å². The van der Waals surface area contributed by atoms with Crippen LogP contribution in [0.5, 0.6) is 11.5 Å². The van der Waals surface area contributed by atoms with E-state index in [9.17, 15) is 4.39 Å². The molecule has 2 unspecified atom stereocenters. The zero-order valence-electron chi connectivity index (χ0n) is 17.8. The monoisotopic (exact) mass is 409 g/mol. The maximum Gasteiger partial charge on any atom is 0.231 e. The van der Waals surface area contributed by atoms with E-state index >= 15 is 0 Å². The SMILES string of the molecule is CC1CCC(NC2CCC(Cc3ccc4c(c3)OCO4)(c3ccc(F)cc3)C2)CC1. The second-order valence-corrected chi connectivity index (χ2v) is 9.71. The Balaban J connectivity index is 1.36. The number of rotatable bonds is 5. The fourth-order valence-corrected chi connectivity index (χ4v) is 5.80. The summed E-state index contributed by atoms with van der Waals surface area (Å²) in [4.78, 5) is 0. The van der Waals surface area contributed by atoms with Crippen molar-refractivity contribution in [1.29, 1.82) is 0 Å². The van der Waals surface area contributed by atoms with Crippen LogP contribution in [0.4, 0.5) is 4.39 Å². The molecule has 2 aliphatic carbocycles. The zero-order chi connectivity index (χ0) is 20.6. The van der Waals surface area contributed by atoms with Crippen LogP contribution < -0.4 is 14.8 Å². The van der Waals surface area contributed by atoms with Gasteiger partial charge < -0.3 is 14.8 Å². The molecule has 1 heterocycles. The second kappa shape index (κ2) is 8.22. The third-order valence-electron chi connectivity index (χ3n) is 7.53. The highest BCUT2D eigenvalue weighted by atomic mass is 19.1. The largest absolute Gasteiger partial charge is 0.454 e. The van der Waals surface area contributed by atoms with Crippen LogP contribution in [0.25, 0.3) is 0 Å². The van der Waals surface area contributed by atoms with Crippen molar-refractivity contribution in [2.24, 2.45) is 5.92 Å². The number of nitrogens with one attached hydrogen (secondary N) is 1. The molecule has 3 nitrogen and oxygen atoms in total. The van der Waals surface area contributed by atoms with Gasteiger partial charge in [-0.15, -0.1) is 0 Å². The van der Waals surface area contributed by atoms with Gasteiger partial charge in [0.25, 0.3) is 0 Å². The van der Waals surface area contributed by atoms with Crippen LogP contribution in [0.1, 0.15) is 63.0 Å². The molecule has 0 saturated heterocycles. The van der Waals surface area contributed by atoms with Gasteiger partial charge in [-0.2, -0.15) is 0 Å². The van der Waals surface area contributed by atoms with Gasteiger partial charge in [-0.05, 0) is 92.7 Å². The predicted octanol–water partition coefficient (Wildman–Crippen LogP) is 5.76. The highest BCUT2D eigenvalue weighted by molar-refractivity contribution is 5.45. The lowest BCUT2D eigenvalue weighted by molar-refractivity contribution is 0.174. The van der Waals surface area contributed by atoms with Crippen molar-refractivity contribution >= 4 is 0 Å². The molecular weight excluding hydrogens is 377 g/mol. The van der Waals surface area contributed by atoms with Gasteiger partial charge in [-0.3, -0.25) is 0 Å². The van der Waals surface area contributed by atoms with Crippen molar-refractivity contribution in [3.63, 3.8) is 0 Å². The lowest BCUT2D eigenvalue weighted by atomic mass is 9.74. The first-order valence-corrected chi connectivity index (χ1v) is 11.5. The molecule has 2 aromatic carbocycles. The Labute approximate surface area is 179 Å². The van der Waals surface area contributed by atoms with E-state index in [1.54, 1.807) is 12.1 Å². The quantitative estimate of drug-likeness (QED) is 0.681. The van der Waals surface area contributed by atoms with E-state index < -0.39 is 0 Å². The van der Waals surface area contributed by atoms with Gasteiger partial charge in [0.05, 0.1) is 0 Å². The van der Waals surface area contributed by atoms with Gasteiger partial charge in [0.1, 0.15) is 5.82 Å². The number of ether oxygens (including phenoxy) is 2. The highest BCUT2D eigenvalue weighted by Gasteiger charge is 2.41. The molecule has 5 rings (SSSR count). The Hall–Kier alpha value is -2.07. The van der Waals surface area contributed by atoms with Crippen molar-refractivity contribution in [3.05, 3.63) is 59.4 Å². The molecule has 4 heteroatoms. The van der Waals surface area contributed by atoms with Gasteiger partial charge in [-0.25, -0.2) is 4.39 Å². The van der Waals surface area contributed by atoms with Crippen molar-refractivity contribution in [2.75, 3.05) is 6.79 Å². The standard InChI is InChI=1S/C26H32FNO2/c1-18-2-9-22(10-3-18)28-23-12-13-26(16-23,20-5-7-21(27)8-6-20)15-19-4-11-24-25(14-19)30-17-29-24/h4-8,11,14,18,22-23,28H,2-3,9-10,12-13,15-17H2,1H3. The van der Waals surface area contributed by atoms with Crippen LogP contribution in [-0.2, 0) is 11.8 Å². The molecule has 0 radical (unpaired) electrons. The minimum atomic E-state index is -0.166.